The topological polar surface area (TPSA) is 73.9 Å². The number of amides is 1. The molecular formula is C19H16BrNO5. The summed E-state index contributed by atoms with van der Waals surface area (Å²) in [5, 5.41) is 2.65. The maximum Gasteiger partial charge on any atom is 0.331 e. The first-order valence-electron chi connectivity index (χ1n) is 7.90. The molecule has 0 saturated heterocycles. The molecule has 1 heterocycles. The van der Waals surface area contributed by atoms with Crippen LogP contribution in [-0.4, -0.2) is 31.7 Å². The van der Waals surface area contributed by atoms with Gasteiger partial charge < -0.3 is 19.5 Å². The molecule has 0 spiro atoms. The van der Waals surface area contributed by atoms with Crippen LogP contribution in [0.3, 0.4) is 0 Å². The van der Waals surface area contributed by atoms with Gasteiger partial charge in [-0.05, 0) is 35.9 Å². The first-order valence-corrected chi connectivity index (χ1v) is 8.69. The van der Waals surface area contributed by atoms with Gasteiger partial charge in [-0.15, -0.1) is 0 Å². The highest BCUT2D eigenvalue weighted by Gasteiger charge is 2.13. The lowest BCUT2D eigenvalue weighted by atomic mass is 10.2. The summed E-state index contributed by atoms with van der Waals surface area (Å²) in [6, 6.07) is 12.5. The number of benzene rings is 2. The Kier molecular flexibility index (Phi) is 5.91. The zero-order valence-corrected chi connectivity index (χ0v) is 15.3. The fourth-order valence-corrected chi connectivity index (χ4v) is 2.69. The quantitative estimate of drug-likeness (QED) is 0.595. The van der Waals surface area contributed by atoms with Crippen LogP contribution >= 0.6 is 15.9 Å². The second kappa shape index (κ2) is 8.53. The maximum absolute atomic E-state index is 11.9. The number of halogens is 1. The van der Waals surface area contributed by atoms with Gasteiger partial charge in [0.05, 0.1) is 0 Å². The average Bonchev–Trinajstić information content (AvgIpc) is 2.65. The van der Waals surface area contributed by atoms with Crippen LogP contribution < -0.4 is 14.8 Å². The van der Waals surface area contributed by atoms with Crippen LogP contribution in [-0.2, 0) is 14.3 Å². The summed E-state index contributed by atoms with van der Waals surface area (Å²) in [6.07, 6.45) is 2.89. The number of carbonyl (C=O) groups excluding carboxylic acids is 2. The largest absolute Gasteiger partial charge is 0.486 e. The minimum atomic E-state index is -0.595. The molecule has 1 amide bonds. The number of hydrogen-bond acceptors (Lipinski definition) is 5. The zero-order chi connectivity index (χ0) is 18.4. The Morgan fingerprint density at radius 2 is 1.92 bits per heavy atom. The predicted octanol–water partition coefficient (Wildman–Crippen LogP) is 3.42. The Morgan fingerprint density at radius 1 is 1.12 bits per heavy atom. The van der Waals surface area contributed by atoms with Gasteiger partial charge in [0.25, 0.3) is 5.91 Å². The van der Waals surface area contributed by atoms with Crippen LogP contribution in [0.2, 0.25) is 0 Å². The third-order valence-electron chi connectivity index (χ3n) is 3.43. The van der Waals surface area contributed by atoms with Gasteiger partial charge >= 0.3 is 5.97 Å². The van der Waals surface area contributed by atoms with E-state index >= 15 is 0 Å². The van der Waals surface area contributed by atoms with Crippen LogP contribution in [0.4, 0.5) is 5.69 Å². The van der Waals surface area contributed by atoms with Crippen molar-refractivity contribution in [2.45, 2.75) is 0 Å². The van der Waals surface area contributed by atoms with Gasteiger partial charge in [0.2, 0.25) is 0 Å². The second-order valence-electron chi connectivity index (χ2n) is 5.40. The highest BCUT2D eigenvalue weighted by molar-refractivity contribution is 9.10. The fourth-order valence-electron chi connectivity index (χ4n) is 2.28. The van der Waals surface area contributed by atoms with Crippen LogP contribution in [0, 0.1) is 0 Å². The molecule has 6 nitrogen and oxygen atoms in total. The molecule has 26 heavy (non-hydrogen) atoms. The number of ether oxygens (including phenoxy) is 3. The van der Waals surface area contributed by atoms with E-state index in [1.807, 2.05) is 24.3 Å². The Labute approximate surface area is 158 Å². The number of hydrogen-bond donors (Lipinski definition) is 1. The van der Waals surface area contributed by atoms with Gasteiger partial charge in [-0.2, -0.15) is 0 Å². The molecule has 1 aliphatic rings. The number of esters is 1. The third kappa shape index (κ3) is 5.10. The van der Waals surface area contributed by atoms with E-state index in [4.69, 9.17) is 14.2 Å². The highest BCUT2D eigenvalue weighted by atomic mass is 79.9. The summed E-state index contributed by atoms with van der Waals surface area (Å²) in [5.74, 6) is 0.176. The van der Waals surface area contributed by atoms with Crippen LogP contribution in [0.1, 0.15) is 5.56 Å². The summed E-state index contributed by atoms with van der Waals surface area (Å²) in [7, 11) is 0. The SMILES string of the molecule is O=C(COC(=O)/C=C/c1cccc(Br)c1)Nc1ccc2c(c1)OCCO2. The average molecular weight is 418 g/mol. The standard InChI is InChI=1S/C19H16BrNO5/c20-14-3-1-2-13(10-14)4-7-19(23)26-12-18(22)21-15-5-6-16-17(11-15)25-9-8-24-16/h1-7,10-11H,8-9,12H2,(H,21,22)/b7-4+. The lowest BCUT2D eigenvalue weighted by Crippen LogP contribution is -2.20. The third-order valence-corrected chi connectivity index (χ3v) is 3.93. The van der Waals surface area contributed by atoms with Crippen molar-refractivity contribution in [3.8, 4) is 11.5 Å². The van der Waals surface area contributed by atoms with Gasteiger partial charge in [0.1, 0.15) is 13.2 Å². The fraction of sp³-hybridized carbons (Fsp3) is 0.158. The Balaban J connectivity index is 1.48. The van der Waals surface area contributed by atoms with Crippen molar-refractivity contribution in [1.82, 2.24) is 0 Å². The molecule has 0 aliphatic carbocycles. The first-order chi connectivity index (χ1) is 12.6. The zero-order valence-electron chi connectivity index (χ0n) is 13.7. The van der Waals surface area contributed by atoms with E-state index in [9.17, 15) is 9.59 Å². The smallest absolute Gasteiger partial charge is 0.331 e. The Bertz CT molecular complexity index is 850. The summed E-state index contributed by atoms with van der Waals surface area (Å²) in [4.78, 5) is 23.6. The molecule has 1 aliphatic heterocycles. The first kappa shape index (κ1) is 18.0. The molecule has 0 radical (unpaired) electrons. The molecule has 1 N–H and O–H groups in total. The molecule has 3 rings (SSSR count). The minimum absolute atomic E-state index is 0.379. The van der Waals surface area contributed by atoms with Gasteiger partial charge in [-0.25, -0.2) is 4.79 Å². The number of nitrogens with one attached hydrogen (secondary N) is 1. The number of fused-ring (bicyclic) bond motifs is 1. The maximum atomic E-state index is 11.9. The van der Waals surface area contributed by atoms with Crippen LogP contribution in [0.25, 0.3) is 6.08 Å². The molecule has 0 unspecified atom stereocenters. The monoisotopic (exact) mass is 417 g/mol. The molecule has 0 fully saturated rings. The number of anilines is 1. The van der Waals surface area contributed by atoms with Gasteiger partial charge in [-0.3, -0.25) is 4.79 Å². The van der Waals surface area contributed by atoms with Crippen molar-refractivity contribution >= 4 is 39.6 Å². The van der Waals surface area contributed by atoms with Crippen molar-refractivity contribution in [2.75, 3.05) is 25.1 Å². The van der Waals surface area contributed by atoms with Gasteiger partial charge in [0.15, 0.2) is 18.1 Å². The summed E-state index contributed by atoms with van der Waals surface area (Å²) >= 11 is 3.35. The van der Waals surface area contributed by atoms with Crippen molar-refractivity contribution < 1.29 is 23.8 Å². The van der Waals surface area contributed by atoms with E-state index in [0.29, 0.717) is 30.4 Å². The molecule has 0 bridgehead atoms. The molecule has 2 aromatic rings. The van der Waals surface area contributed by atoms with Crippen LogP contribution in [0.15, 0.2) is 53.0 Å². The Morgan fingerprint density at radius 3 is 2.73 bits per heavy atom. The lowest BCUT2D eigenvalue weighted by Gasteiger charge is -2.18. The van der Waals surface area contributed by atoms with Crippen molar-refractivity contribution in [3.05, 3.63) is 58.6 Å². The molecule has 0 aromatic heterocycles. The van der Waals surface area contributed by atoms with Crippen LogP contribution in [0.5, 0.6) is 11.5 Å². The molecule has 134 valence electrons. The number of carbonyl (C=O) groups is 2. The molecule has 0 saturated carbocycles. The van der Waals surface area contributed by atoms with Crippen molar-refractivity contribution in [3.63, 3.8) is 0 Å². The molecule has 7 heteroatoms. The Hall–Kier alpha value is -2.80. The van der Waals surface area contributed by atoms with E-state index in [1.54, 1.807) is 24.3 Å². The molecular weight excluding hydrogens is 402 g/mol. The summed E-state index contributed by atoms with van der Waals surface area (Å²) in [5.41, 5.74) is 1.39. The minimum Gasteiger partial charge on any atom is -0.486 e. The predicted molar refractivity (Wildman–Crippen MR) is 100 cm³/mol. The van der Waals surface area contributed by atoms with E-state index in [1.165, 1.54) is 6.08 Å². The van der Waals surface area contributed by atoms with Crippen molar-refractivity contribution in [1.29, 1.82) is 0 Å². The van der Waals surface area contributed by atoms with Gasteiger partial charge in [-0.1, -0.05) is 28.1 Å². The summed E-state index contributed by atoms with van der Waals surface area (Å²) in [6.45, 7) is 0.588. The normalized spacial score (nSPS) is 12.7. The highest BCUT2D eigenvalue weighted by Crippen LogP contribution is 2.32. The lowest BCUT2D eigenvalue weighted by molar-refractivity contribution is -0.142. The van der Waals surface area contributed by atoms with E-state index in [-0.39, 0.29) is 6.61 Å². The molecule has 2 aromatic carbocycles. The number of rotatable bonds is 5. The van der Waals surface area contributed by atoms with Crippen molar-refractivity contribution in [2.24, 2.45) is 0 Å². The van der Waals surface area contributed by atoms with Gasteiger partial charge in [0, 0.05) is 22.3 Å². The van der Waals surface area contributed by atoms with E-state index in [0.717, 1.165) is 10.0 Å². The second-order valence-corrected chi connectivity index (χ2v) is 6.32. The van der Waals surface area contributed by atoms with E-state index < -0.39 is 11.9 Å². The molecule has 0 atom stereocenters. The van der Waals surface area contributed by atoms with E-state index in [2.05, 4.69) is 21.2 Å². The summed E-state index contributed by atoms with van der Waals surface area (Å²) < 4.78 is 16.7.